The maximum absolute atomic E-state index is 12.7. The fraction of sp³-hybridized carbons (Fsp3) is 0.316. The Morgan fingerprint density at radius 2 is 2.04 bits per heavy atom. The molecule has 0 saturated carbocycles. The number of hydrogen-bond donors (Lipinski definition) is 1. The number of fused-ring (bicyclic) bond motifs is 1. The summed E-state index contributed by atoms with van der Waals surface area (Å²) >= 11 is 4.94. The summed E-state index contributed by atoms with van der Waals surface area (Å²) in [7, 11) is 0. The standard InChI is InChI=1S/C19H17BrN2O4S/c20-16-6-4-13(27-16)9-21-17(23)11-3-5-14-15(8-11)19(25)22(18(14)24)10-12-2-1-7-26-12/h3-6,8,12H,1-2,7,9-10H2,(H,21,23). The summed E-state index contributed by atoms with van der Waals surface area (Å²) in [5.74, 6) is -0.955. The molecule has 1 saturated heterocycles. The van der Waals surface area contributed by atoms with Crippen molar-refractivity contribution >= 4 is 45.0 Å². The number of nitrogens with one attached hydrogen (secondary N) is 1. The molecule has 4 rings (SSSR count). The van der Waals surface area contributed by atoms with Crippen molar-refractivity contribution in [1.29, 1.82) is 0 Å². The average Bonchev–Trinajstić information content (AvgIpc) is 3.38. The van der Waals surface area contributed by atoms with Crippen molar-refractivity contribution in [3.8, 4) is 0 Å². The van der Waals surface area contributed by atoms with E-state index in [1.165, 1.54) is 11.0 Å². The molecule has 140 valence electrons. The Kier molecular flexibility index (Phi) is 5.12. The van der Waals surface area contributed by atoms with Crippen LogP contribution in [0.3, 0.4) is 0 Å². The molecule has 1 aromatic carbocycles. The minimum atomic E-state index is -0.359. The molecule has 0 aliphatic carbocycles. The summed E-state index contributed by atoms with van der Waals surface area (Å²) < 4.78 is 6.54. The first kappa shape index (κ1) is 18.3. The predicted octanol–water partition coefficient (Wildman–Crippen LogP) is 3.22. The Morgan fingerprint density at radius 3 is 2.74 bits per heavy atom. The van der Waals surface area contributed by atoms with Gasteiger partial charge in [0, 0.05) is 17.0 Å². The molecule has 8 heteroatoms. The molecule has 6 nitrogen and oxygen atoms in total. The molecule has 2 aliphatic heterocycles. The van der Waals surface area contributed by atoms with Crippen LogP contribution in [0.2, 0.25) is 0 Å². The summed E-state index contributed by atoms with van der Waals surface area (Å²) in [6.45, 7) is 1.34. The minimum Gasteiger partial charge on any atom is -0.376 e. The van der Waals surface area contributed by atoms with Crippen LogP contribution in [0.1, 0.15) is 48.8 Å². The van der Waals surface area contributed by atoms with E-state index in [-0.39, 0.29) is 35.9 Å². The van der Waals surface area contributed by atoms with E-state index in [0.29, 0.717) is 24.3 Å². The molecule has 1 aromatic heterocycles. The van der Waals surface area contributed by atoms with Crippen LogP contribution in [0.15, 0.2) is 34.1 Å². The Morgan fingerprint density at radius 1 is 1.22 bits per heavy atom. The van der Waals surface area contributed by atoms with E-state index in [9.17, 15) is 14.4 Å². The second-order valence-corrected chi connectivity index (χ2v) is 9.05. The molecular weight excluding hydrogens is 432 g/mol. The molecule has 1 unspecified atom stereocenters. The van der Waals surface area contributed by atoms with E-state index in [2.05, 4.69) is 21.2 Å². The van der Waals surface area contributed by atoms with Crippen LogP contribution in [-0.2, 0) is 11.3 Å². The quantitative estimate of drug-likeness (QED) is 0.712. The smallest absolute Gasteiger partial charge is 0.261 e. The van der Waals surface area contributed by atoms with Crippen LogP contribution in [-0.4, -0.2) is 41.9 Å². The zero-order valence-corrected chi connectivity index (χ0v) is 16.8. The van der Waals surface area contributed by atoms with Gasteiger partial charge in [-0.05, 0) is 59.1 Å². The zero-order chi connectivity index (χ0) is 19.0. The number of halogens is 1. The zero-order valence-electron chi connectivity index (χ0n) is 14.4. The van der Waals surface area contributed by atoms with Crippen molar-refractivity contribution in [2.24, 2.45) is 0 Å². The van der Waals surface area contributed by atoms with Gasteiger partial charge in [-0.3, -0.25) is 19.3 Å². The summed E-state index contributed by atoms with van der Waals surface area (Å²) in [5.41, 5.74) is 0.991. The Hall–Kier alpha value is -2.03. The lowest BCUT2D eigenvalue weighted by atomic mass is 10.1. The average molecular weight is 449 g/mol. The Bertz CT molecular complexity index is 920. The van der Waals surface area contributed by atoms with Crippen molar-refractivity contribution in [3.63, 3.8) is 0 Å². The number of nitrogens with zero attached hydrogens (tertiary/aromatic N) is 1. The third-order valence-electron chi connectivity index (χ3n) is 4.70. The van der Waals surface area contributed by atoms with E-state index in [1.807, 2.05) is 12.1 Å². The van der Waals surface area contributed by atoms with E-state index in [1.54, 1.807) is 23.5 Å². The highest BCUT2D eigenvalue weighted by Crippen LogP contribution is 2.26. The molecule has 1 atom stereocenters. The van der Waals surface area contributed by atoms with Crippen LogP contribution >= 0.6 is 27.3 Å². The first-order valence-electron chi connectivity index (χ1n) is 8.67. The van der Waals surface area contributed by atoms with Gasteiger partial charge < -0.3 is 10.1 Å². The van der Waals surface area contributed by atoms with Gasteiger partial charge in [0.25, 0.3) is 17.7 Å². The number of hydrogen-bond acceptors (Lipinski definition) is 5. The van der Waals surface area contributed by atoms with E-state index in [4.69, 9.17) is 4.74 Å². The highest BCUT2D eigenvalue weighted by molar-refractivity contribution is 9.11. The molecular formula is C19H17BrN2O4S. The first-order valence-corrected chi connectivity index (χ1v) is 10.3. The van der Waals surface area contributed by atoms with Crippen LogP contribution < -0.4 is 5.32 Å². The Labute approximate surface area is 168 Å². The molecule has 27 heavy (non-hydrogen) atoms. The number of thiophene rings is 1. The van der Waals surface area contributed by atoms with Gasteiger partial charge >= 0.3 is 0 Å². The molecule has 2 aliphatic rings. The lowest BCUT2D eigenvalue weighted by Crippen LogP contribution is -2.36. The Balaban J connectivity index is 1.47. The number of carbonyl (C=O) groups is 3. The van der Waals surface area contributed by atoms with E-state index >= 15 is 0 Å². The molecule has 0 radical (unpaired) electrons. The normalized spacial score (nSPS) is 18.9. The van der Waals surface area contributed by atoms with Gasteiger partial charge in [0.2, 0.25) is 0 Å². The number of amides is 3. The van der Waals surface area contributed by atoms with Crippen molar-refractivity contribution in [2.75, 3.05) is 13.2 Å². The third-order valence-corrected chi connectivity index (χ3v) is 6.32. The van der Waals surface area contributed by atoms with Gasteiger partial charge in [-0.25, -0.2) is 0 Å². The van der Waals surface area contributed by atoms with E-state index < -0.39 is 0 Å². The summed E-state index contributed by atoms with van der Waals surface area (Å²) in [6.07, 6.45) is 1.69. The maximum Gasteiger partial charge on any atom is 0.261 e. The van der Waals surface area contributed by atoms with Crippen LogP contribution in [0.4, 0.5) is 0 Å². The second kappa shape index (κ2) is 7.53. The van der Waals surface area contributed by atoms with Crippen LogP contribution in [0.25, 0.3) is 0 Å². The second-order valence-electron chi connectivity index (χ2n) is 6.50. The number of imide groups is 1. The highest BCUT2D eigenvalue weighted by Gasteiger charge is 2.37. The maximum atomic E-state index is 12.7. The van der Waals surface area contributed by atoms with Gasteiger partial charge in [0.1, 0.15) is 0 Å². The molecule has 1 fully saturated rings. The predicted molar refractivity (Wildman–Crippen MR) is 104 cm³/mol. The van der Waals surface area contributed by atoms with Gasteiger partial charge in [-0.15, -0.1) is 11.3 Å². The molecule has 3 amide bonds. The van der Waals surface area contributed by atoms with Gasteiger partial charge in [0.15, 0.2) is 0 Å². The molecule has 0 bridgehead atoms. The number of carbonyl (C=O) groups excluding carboxylic acids is 3. The summed E-state index contributed by atoms with van der Waals surface area (Å²) in [6, 6.07) is 8.50. The molecule has 2 aromatic rings. The van der Waals surface area contributed by atoms with Gasteiger partial charge in [-0.1, -0.05) is 0 Å². The van der Waals surface area contributed by atoms with Crippen molar-refractivity contribution in [1.82, 2.24) is 10.2 Å². The fourth-order valence-corrected chi connectivity index (χ4v) is 4.73. The van der Waals surface area contributed by atoms with Crippen LogP contribution in [0.5, 0.6) is 0 Å². The SMILES string of the molecule is O=C(NCc1ccc(Br)s1)c1ccc2c(c1)C(=O)N(CC1CCCO1)C2=O. The third kappa shape index (κ3) is 3.69. The van der Waals surface area contributed by atoms with Gasteiger partial charge in [0.05, 0.1) is 34.1 Å². The van der Waals surface area contributed by atoms with Crippen LogP contribution in [0, 0.1) is 0 Å². The summed E-state index contributed by atoms with van der Waals surface area (Å²) in [5, 5.41) is 2.84. The minimum absolute atomic E-state index is 0.0971. The monoisotopic (exact) mass is 448 g/mol. The number of rotatable bonds is 5. The topological polar surface area (TPSA) is 75.7 Å². The first-order chi connectivity index (χ1) is 13.0. The lowest BCUT2D eigenvalue weighted by Gasteiger charge is -2.17. The molecule has 3 heterocycles. The summed E-state index contributed by atoms with van der Waals surface area (Å²) in [4.78, 5) is 39.9. The largest absolute Gasteiger partial charge is 0.376 e. The molecule has 1 N–H and O–H groups in total. The van der Waals surface area contributed by atoms with Crippen molar-refractivity contribution in [2.45, 2.75) is 25.5 Å². The van der Waals surface area contributed by atoms with Gasteiger partial charge in [-0.2, -0.15) is 0 Å². The number of benzene rings is 1. The fourth-order valence-electron chi connectivity index (χ4n) is 3.31. The molecule has 0 spiro atoms. The van der Waals surface area contributed by atoms with Crippen molar-refractivity contribution < 1.29 is 19.1 Å². The highest BCUT2D eigenvalue weighted by atomic mass is 79.9. The lowest BCUT2D eigenvalue weighted by molar-refractivity contribution is 0.0475. The van der Waals surface area contributed by atoms with E-state index in [0.717, 1.165) is 21.5 Å². The number of ether oxygens (including phenoxy) is 1. The van der Waals surface area contributed by atoms with Crippen molar-refractivity contribution in [3.05, 3.63) is 55.7 Å².